The van der Waals surface area contributed by atoms with Gasteiger partial charge in [-0.3, -0.25) is 29.4 Å². The maximum absolute atomic E-state index is 12.5. The highest BCUT2D eigenvalue weighted by Crippen LogP contribution is 2.32. The van der Waals surface area contributed by atoms with Crippen molar-refractivity contribution in [3.63, 3.8) is 0 Å². The smallest absolute Gasteiger partial charge is 0.326 e. The van der Waals surface area contributed by atoms with E-state index in [2.05, 4.69) is 0 Å². The van der Waals surface area contributed by atoms with Crippen molar-refractivity contribution in [3.05, 3.63) is 74.7 Å². The summed E-state index contributed by atoms with van der Waals surface area (Å²) in [5, 5.41) is 10.2. The molecule has 9 nitrogen and oxygen atoms in total. The van der Waals surface area contributed by atoms with Crippen LogP contribution in [-0.2, 0) is 20.9 Å². The standard InChI is InChI=1S/C23H22N2O7S/c1-3-15(2)32-21(26)13-24-22(27)20(33-23(24)28)12-16-6-10-19(11-7-16)31-14-17-4-8-18(9-5-17)25(29)30/h4-12,15H,3,13-14H2,1-2H3/b20-12+/t15-/m0/s1. The van der Waals surface area contributed by atoms with Crippen molar-refractivity contribution in [2.24, 2.45) is 0 Å². The van der Waals surface area contributed by atoms with Gasteiger partial charge in [-0.2, -0.15) is 0 Å². The largest absolute Gasteiger partial charge is 0.489 e. The fourth-order valence-electron chi connectivity index (χ4n) is 2.80. The third-order valence-electron chi connectivity index (χ3n) is 4.80. The van der Waals surface area contributed by atoms with Crippen LogP contribution in [0.1, 0.15) is 31.4 Å². The number of hydrogen-bond donors (Lipinski definition) is 0. The van der Waals surface area contributed by atoms with Crippen molar-refractivity contribution in [1.29, 1.82) is 0 Å². The molecule has 0 aliphatic carbocycles. The number of nitro groups is 1. The lowest BCUT2D eigenvalue weighted by Crippen LogP contribution is -2.35. The van der Waals surface area contributed by atoms with Gasteiger partial charge in [-0.05, 0) is 66.6 Å². The molecule has 0 radical (unpaired) electrons. The molecule has 0 aromatic heterocycles. The number of nitro benzene ring substituents is 1. The second-order valence-electron chi connectivity index (χ2n) is 7.26. The first-order valence-electron chi connectivity index (χ1n) is 10.2. The van der Waals surface area contributed by atoms with Gasteiger partial charge < -0.3 is 9.47 Å². The molecule has 0 bridgehead atoms. The summed E-state index contributed by atoms with van der Waals surface area (Å²) in [5.41, 5.74) is 1.48. The number of non-ortho nitro benzene ring substituents is 1. The first-order valence-corrected chi connectivity index (χ1v) is 11.0. The molecule has 3 rings (SSSR count). The molecule has 0 unspecified atom stereocenters. The topological polar surface area (TPSA) is 116 Å². The molecule has 0 N–H and O–H groups in total. The zero-order valence-corrected chi connectivity index (χ0v) is 18.9. The quantitative estimate of drug-likeness (QED) is 0.227. The van der Waals surface area contributed by atoms with Crippen LogP contribution in [0.5, 0.6) is 5.75 Å². The lowest BCUT2D eigenvalue weighted by Gasteiger charge is -2.14. The number of esters is 1. The van der Waals surface area contributed by atoms with Crippen molar-refractivity contribution in [3.8, 4) is 5.75 Å². The minimum absolute atomic E-state index is 0.0138. The number of thioether (sulfide) groups is 1. The first kappa shape index (κ1) is 24.0. The van der Waals surface area contributed by atoms with Gasteiger partial charge in [0.1, 0.15) is 18.9 Å². The normalized spacial score (nSPS) is 15.6. The van der Waals surface area contributed by atoms with Crippen molar-refractivity contribution < 1.29 is 28.8 Å². The second-order valence-corrected chi connectivity index (χ2v) is 8.25. The van der Waals surface area contributed by atoms with E-state index in [1.165, 1.54) is 12.1 Å². The van der Waals surface area contributed by atoms with Gasteiger partial charge in [0.05, 0.1) is 15.9 Å². The molecule has 2 aromatic rings. The lowest BCUT2D eigenvalue weighted by molar-refractivity contribution is -0.384. The summed E-state index contributed by atoms with van der Waals surface area (Å²) in [6, 6.07) is 13.0. The van der Waals surface area contributed by atoms with E-state index in [4.69, 9.17) is 9.47 Å². The van der Waals surface area contributed by atoms with Crippen LogP contribution in [0.4, 0.5) is 10.5 Å². The van der Waals surface area contributed by atoms with Gasteiger partial charge in [0, 0.05) is 12.1 Å². The minimum atomic E-state index is -0.623. The second kappa shape index (κ2) is 10.8. The molecule has 1 heterocycles. The Morgan fingerprint density at radius 3 is 2.42 bits per heavy atom. The highest BCUT2D eigenvalue weighted by atomic mass is 32.2. The van der Waals surface area contributed by atoms with E-state index < -0.39 is 28.6 Å². The van der Waals surface area contributed by atoms with Gasteiger partial charge in [-0.25, -0.2) is 0 Å². The third kappa shape index (κ3) is 6.42. The van der Waals surface area contributed by atoms with Crippen LogP contribution < -0.4 is 4.74 Å². The Kier molecular flexibility index (Phi) is 7.83. The fourth-order valence-corrected chi connectivity index (χ4v) is 3.64. The van der Waals surface area contributed by atoms with Gasteiger partial charge in [0.25, 0.3) is 16.8 Å². The molecule has 33 heavy (non-hydrogen) atoms. The first-order chi connectivity index (χ1) is 15.8. The van der Waals surface area contributed by atoms with Crippen LogP contribution in [-0.4, -0.2) is 39.6 Å². The SMILES string of the molecule is CC[C@H](C)OC(=O)CN1C(=O)S/C(=C/c2ccc(OCc3ccc([N+](=O)[O-])cc3)cc2)C1=O. The zero-order valence-electron chi connectivity index (χ0n) is 18.1. The summed E-state index contributed by atoms with van der Waals surface area (Å²) in [6.07, 6.45) is 1.93. The van der Waals surface area contributed by atoms with Gasteiger partial charge in [0.15, 0.2) is 0 Å². The predicted octanol–water partition coefficient (Wildman–Crippen LogP) is 4.55. The number of carbonyl (C=O) groups is 3. The van der Waals surface area contributed by atoms with Crippen molar-refractivity contribution in [2.45, 2.75) is 33.0 Å². The van der Waals surface area contributed by atoms with Crippen molar-refractivity contribution >= 4 is 40.6 Å². The molecule has 2 aromatic carbocycles. The summed E-state index contributed by atoms with van der Waals surface area (Å²) in [6.45, 7) is 3.43. The van der Waals surface area contributed by atoms with E-state index in [0.717, 1.165) is 22.2 Å². The monoisotopic (exact) mass is 470 g/mol. The van der Waals surface area contributed by atoms with Gasteiger partial charge in [-0.1, -0.05) is 19.1 Å². The fraction of sp³-hybridized carbons (Fsp3) is 0.261. The Labute approximate surface area is 194 Å². The molecular formula is C23H22N2O7S. The summed E-state index contributed by atoms with van der Waals surface area (Å²) >= 11 is 0.770. The molecule has 0 saturated carbocycles. The van der Waals surface area contributed by atoms with Gasteiger partial charge in [-0.15, -0.1) is 0 Å². The Balaban J connectivity index is 1.58. The van der Waals surface area contributed by atoms with Crippen LogP contribution >= 0.6 is 11.8 Å². The summed E-state index contributed by atoms with van der Waals surface area (Å²) in [4.78, 5) is 48.0. The molecule has 10 heteroatoms. The molecule has 1 fully saturated rings. The van der Waals surface area contributed by atoms with Gasteiger partial charge >= 0.3 is 5.97 Å². The number of benzene rings is 2. The molecule has 1 saturated heterocycles. The van der Waals surface area contributed by atoms with Crippen LogP contribution in [0.15, 0.2) is 53.4 Å². The van der Waals surface area contributed by atoms with E-state index in [9.17, 15) is 24.5 Å². The Bertz CT molecular complexity index is 1080. The minimum Gasteiger partial charge on any atom is -0.489 e. The van der Waals surface area contributed by atoms with E-state index in [1.54, 1.807) is 49.4 Å². The zero-order chi connectivity index (χ0) is 24.0. The number of ether oxygens (including phenoxy) is 2. The summed E-state index contributed by atoms with van der Waals surface area (Å²) < 4.78 is 10.8. The molecule has 1 aliphatic rings. The van der Waals surface area contributed by atoms with Crippen molar-refractivity contribution in [2.75, 3.05) is 6.54 Å². The highest BCUT2D eigenvalue weighted by Gasteiger charge is 2.36. The summed E-state index contributed by atoms with van der Waals surface area (Å²) in [7, 11) is 0. The van der Waals surface area contributed by atoms with E-state index >= 15 is 0 Å². The maximum Gasteiger partial charge on any atom is 0.326 e. The predicted molar refractivity (Wildman–Crippen MR) is 122 cm³/mol. The molecule has 172 valence electrons. The number of hydrogen-bond acceptors (Lipinski definition) is 8. The van der Waals surface area contributed by atoms with Gasteiger partial charge in [0.2, 0.25) is 0 Å². The van der Waals surface area contributed by atoms with Crippen LogP contribution in [0.3, 0.4) is 0 Å². The van der Waals surface area contributed by atoms with E-state index in [-0.39, 0.29) is 23.3 Å². The Hall–Kier alpha value is -3.66. The number of amides is 2. The third-order valence-corrected chi connectivity index (χ3v) is 5.71. The van der Waals surface area contributed by atoms with Crippen LogP contribution in [0.2, 0.25) is 0 Å². The number of nitrogens with zero attached hydrogens (tertiary/aromatic N) is 2. The van der Waals surface area contributed by atoms with Crippen molar-refractivity contribution in [1.82, 2.24) is 4.90 Å². The molecule has 0 spiro atoms. The highest BCUT2D eigenvalue weighted by molar-refractivity contribution is 8.18. The molecule has 2 amide bonds. The maximum atomic E-state index is 12.5. The number of carbonyl (C=O) groups excluding carboxylic acids is 3. The molecule has 1 aliphatic heterocycles. The van der Waals surface area contributed by atoms with Crippen LogP contribution in [0.25, 0.3) is 6.08 Å². The summed E-state index contributed by atoms with van der Waals surface area (Å²) in [5.74, 6) is -0.585. The molecular weight excluding hydrogens is 448 g/mol. The number of imide groups is 1. The lowest BCUT2D eigenvalue weighted by atomic mass is 10.2. The van der Waals surface area contributed by atoms with E-state index in [0.29, 0.717) is 17.7 Å². The average molecular weight is 471 g/mol. The Morgan fingerprint density at radius 1 is 1.15 bits per heavy atom. The Morgan fingerprint density at radius 2 is 1.82 bits per heavy atom. The van der Waals surface area contributed by atoms with E-state index in [1.807, 2.05) is 6.92 Å². The van der Waals surface area contributed by atoms with Crippen LogP contribution in [0, 0.1) is 10.1 Å². The molecule has 1 atom stereocenters. The average Bonchev–Trinajstić information content (AvgIpc) is 3.06. The number of rotatable bonds is 9.